The molecule has 1 amide bonds. The number of hydrogen-bond donors (Lipinski definition) is 3. The maximum atomic E-state index is 12.7. The van der Waals surface area contributed by atoms with E-state index in [9.17, 15) is 4.79 Å². The molecule has 0 aromatic carbocycles. The zero-order valence-electron chi connectivity index (χ0n) is 16.9. The van der Waals surface area contributed by atoms with E-state index in [0.29, 0.717) is 23.7 Å². The molecule has 2 aliphatic heterocycles. The minimum absolute atomic E-state index is 0.159. The number of ether oxygens (including phenoxy) is 1. The SMILES string of the molecule is C/C(Nc1cnn(C)c1)=C1/C(=O)Nc2cnc(-c3cnc4c(c3C)NCCO4)cc21. The average molecular weight is 403 g/mol. The number of amides is 1. The highest BCUT2D eigenvalue weighted by atomic mass is 16.5. The molecule has 30 heavy (non-hydrogen) atoms. The normalized spacial score (nSPS) is 16.2. The number of nitrogens with one attached hydrogen (secondary N) is 3. The van der Waals surface area contributed by atoms with Gasteiger partial charge in [0.15, 0.2) is 0 Å². The summed E-state index contributed by atoms with van der Waals surface area (Å²) in [5.41, 5.74) is 7.19. The molecule has 0 spiro atoms. The average Bonchev–Trinajstić information content (AvgIpc) is 3.29. The number of rotatable bonds is 3. The topological polar surface area (TPSA) is 106 Å². The van der Waals surface area contributed by atoms with Crippen molar-refractivity contribution in [3.8, 4) is 17.1 Å². The van der Waals surface area contributed by atoms with E-state index in [1.807, 2.05) is 33.2 Å². The van der Waals surface area contributed by atoms with Gasteiger partial charge in [-0.3, -0.25) is 14.5 Å². The number of pyridine rings is 2. The first-order valence-electron chi connectivity index (χ1n) is 9.66. The highest BCUT2D eigenvalue weighted by Gasteiger charge is 2.28. The fourth-order valence-electron chi connectivity index (χ4n) is 3.83. The number of aryl methyl sites for hydroxylation is 1. The van der Waals surface area contributed by atoms with Crippen molar-refractivity contribution in [3.05, 3.63) is 47.7 Å². The van der Waals surface area contributed by atoms with Crippen molar-refractivity contribution in [2.24, 2.45) is 7.05 Å². The third kappa shape index (κ3) is 2.95. The van der Waals surface area contributed by atoms with Gasteiger partial charge in [0, 0.05) is 42.8 Å². The van der Waals surface area contributed by atoms with Gasteiger partial charge < -0.3 is 20.7 Å². The van der Waals surface area contributed by atoms with Gasteiger partial charge in [0.05, 0.1) is 35.0 Å². The Morgan fingerprint density at radius 1 is 1.23 bits per heavy atom. The lowest BCUT2D eigenvalue weighted by molar-refractivity contribution is -0.110. The molecule has 152 valence electrons. The molecule has 9 nitrogen and oxygen atoms in total. The molecule has 0 saturated heterocycles. The van der Waals surface area contributed by atoms with E-state index in [4.69, 9.17) is 4.74 Å². The third-order valence-electron chi connectivity index (χ3n) is 5.28. The molecule has 0 radical (unpaired) electrons. The van der Waals surface area contributed by atoms with Crippen LogP contribution in [0.3, 0.4) is 0 Å². The maximum Gasteiger partial charge on any atom is 0.258 e. The van der Waals surface area contributed by atoms with Crippen LogP contribution in [0.1, 0.15) is 18.1 Å². The molecule has 0 unspecified atom stereocenters. The number of carbonyl (C=O) groups is 1. The lowest BCUT2D eigenvalue weighted by Crippen LogP contribution is -2.20. The molecule has 3 N–H and O–H groups in total. The summed E-state index contributed by atoms with van der Waals surface area (Å²) in [7, 11) is 1.85. The molecule has 2 aliphatic rings. The second-order valence-electron chi connectivity index (χ2n) is 7.35. The van der Waals surface area contributed by atoms with Gasteiger partial charge in [-0.15, -0.1) is 0 Å². The summed E-state index contributed by atoms with van der Waals surface area (Å²) in [5.74, 6) is 0.450. The number of anilines is 3. The summed E-state index contributed by atoms with van der Waals surface area (Å²) < 4.78 is 7.32. The summed E-state index contributed by atoms with van der Waals surface area (Å²) in [6.07, 6.45) is 7.03. The molecule has 9 heteroatoms. The molecule has 5 heterocycles. The van der Waals surface area contributed by atoms with Gasteiger partial charge in [0.2, 0.25) is 5.88 Å². The molecule has 0 saturated carbocycles. The lowest BCUT2D eigenvalue weighted by atomic mass is 10.0. The van der Waals surface area contributed by atoms with Crippen LogP contribution in [0.15, 0.2) is 36.6 Å². The van der Waals surface area contributed by atoms with Crippen LogP contribution in [0.25, 0.3) is 16.8 Å². The largest absolute Gasteiger partial charge is 0.474 e. The third-order valence-corrected chi connectivity index (χ3v) is 5.28. The Morgan fingerprint density at radius 3 is 2.90 bits per heavy atom. The predicted octanol–water partition coefficient (Wildman–Crippen LogP) is 2.79. The second-order valence-corrected chi connectivity index (χ2v) is 7.35. The van der Waals surface area contributed by atoms with Crippen molar-refractivity contribution in [1.29, 1.82) is 0 Å². The first kappa shape index (κ1) is 18.2. The first-order chi connectivity index (χ1) is 14.5. The van der Waals surface area contributed by atoms with Gasteiger partial charge in [-0.1, -0.05) is 0 Å². The van der Waals surface area contributed by atoms with Crippen LogP contribution in [-0.2, 0) is 11.8 Å². The Labute approximate surface area is 173 Å². The van der Waals surface area contributed by atoms with Gasteiger partial charge >= 0.3 is 0 Å². The first-order valence-corrected chi connectivity index (χ1v) is 9.66. The highest BCUT2D eigenvalue weighted by Crippen LogP contribution is 2.39. The standard InChI is InChI=1S/C21H21N7O2/c1-11-15(8-24-21-19(11)22-4-5-30-21)16-6-14-17(9-23-16)27-20(29)18(14)12(2)26-13-7-25-28(3)10-13/h6-10,22,26H,4-5H2,1-3H3,(H,27,29)/b18-12-. The second kappa shape index (κ2) is 6.87. The molecular weight excluding hydrogens is 382 g/mol. The monoisotopic (exact) mass is 403 g/mol. The fraction of sp³-hybridized carbons (Fsp3) is 0.238. The minimum Gasteiger partial charge on any atom is -0.474 e. The smallest absolute Gasteiger partial charge is 0.258 e. The van der Waals surface area contributed by atoms with E-state index in [2.05, 4.69) is 31.0 Å². The van der Waals surface area contributed by atoms with E-state index in [1.54, 1.807) is 23.3 Å². The van der Waals surface area contributed by atoms with Crippen LogP contribution in [-0.4, -0.2) is 38.8 Å². The van der Waals surface area contributed by atoms with Crippen molar-refractivity contribution in [3.63, 3.8) is 0 Å². The predicted molar refractivity (Wildman–Crippen MR) is 114 cm³/mol. The van der Waals surface area contributed by atoms with Gasteiger partial charge in [-0.25, -0.2) is 4.98 Å². The number of fused-ring (bicyclic) bond motifs is 2. The molecule has 0 atom stereocenters. The molecule has 0 bridgehead atoms. The Morgan fingerprint density at radius 2 is 2.10 bits per heavy atom. The Balaban J connectivity index is 1.57. The lowest BCUT2D eigenvalue weighted by Gasteiger charge is -2.21. The fourth-order valence-corrected chi connectivity index (χ4v) is 3.83. The van der Waals surface area contributed by atoms with Crippen LogP contribution in [0, 0.1) is 6.92 Å². The Bertz CT molecular complexity index is 1210. The zero-order chi connectivity index (χ0) is 20.8. The van der Waals surface area contributed by atoms with Crippen molar-refractivity contribution >= 4 is 28.5 Å². The van der Waals surface area contributed by atoms with Crippen LogP contribution < -0.4 is 20.7 Å². The summed E-state index contributed by atoms with van der Waals surface area (Å²) in [4.78, 5) is 21.7. The van der Waals surface area contributed by atoms with Crippen LogP contribution in [0.2, 0.25) is 0 Å². The van der Waals surface area contributed by atoms with E-state index in [1.165, 1.54) is 0 Å². The molecule has 3 aromatic heterocycles. The van der Waals surface area contributed by atoms with Gasteiger partial charge in [-0.2, -0.15) is 5.10 Å². The molecule has 0 fully saturated rings. The van der Waals surface area contributed by atoms with Crippen LogP contribution >= 0.6 is 0 Å². The number of aromatic nitrogens is 4. The molecule has 0 aliphatic carbocycles. The van der Waals surface area contributed by atoms with E-state index in [-0.39, 0.29) is 5.91 Å². The maximum absolute atomic E-state index is 12.7. The molecule has 3 aromatic rings. The molecule has 5 rings (SSSR count). The van der Waals surface area contributed by atoms with Crippen LogP contribution in [0.5, 0.6) is 5.88 Å². The van der Waals surface area contributed by atoms with E-state index < -0.39 is 0 Å². The van der Waals surface area contributed by atoms with Gasteiger partial charge in [0.25, 0.3) is 5.91 Å². The molecular formula is C21H21N7O2. The van der Waals surface area contributed by atoms with Crippen molar-refractivity contribution in [2.45, 2.75) is 13.8 Å². The van der Waals surface area contributed by atoms with E-state index in [0.717, 1.165) is 46.0 Å². The zero-order valence-corrected chi connectivity index (χ0v) is 16.9. The van der Waals surface area contributed by atoms with Gasteiger partial charge in [-0.05, 0) is 25.5 Å². The Kier molecular flexibility index (Phi) is 4.16. The van der Waals surface area contributed by atoms with Crippen molar-refractivity contribution in [2.75, 3.05) is 29.1 Å². The number of hydrogen-bond acceptors (Lipinski definition) is 7. The Hall–Kier alpha value is -3.88. The number of carbonyl (C=O) groups excluding carboxylic acids is 1. The van der Waals surface area contributed by atoms with E-state index >= 15 is 0 Å². The summed E-state index contributed by atoms with van der Waals surface area (Å²) in [6.45, 7) is 5.23. The number of nitrogens with zero attached hydrogens (tertiary/aromatic N) is 4. The van der Waals surface area contributed by atoms with Crippen molar-refractivity contribution < 1.29 is 9.53 Å². The summed E-state index contributed by atoms with van der Waals surface area (Å²) in [6, 6.07) is 1.93. The minimum atomic E-state index is -0.159. The van der Waals surface area contributed by atoms with Crippen molar-refractivity contribution in [1.82, 2.24) is 19.7 Å². The summed E-state index contributed by atoms with van der Waals surface area (Å²) in [5, 5.41) is 13.7. The summed E-state index contributed by atoms with van der Waals surface area (Å²) >= 11 is 0. The van der Waals surface area contributed by atoms with Gasteiger partial charge in [0.1, 0.15) is 12.3 Å². The quantitative estimate of drug-likeness (QED) is 0.578. The van der Waals surface area contributed by atoms with Crippen LogP contribution in [0.4, 0.5) is 17.1 Å². The highest BCUT2D eigenvalue weighted by molar-refractivity contribution is 6.32. The number of allylic oxidation sites excluding steroid dienone is 1.